The van der Waals surface area contributed by atoms with Crippen molar-refractivity contribution < 1.29 is 9.90 Å². The summed E-state index contributed by atoms with van der Waals surface area (Å²) in [5.41, 5.74) is 2.30. The second kappa shape index (κ2) is 7.81. The molecule has 0 fully saturated rings. The molecule has 2 heterocycles. The predicted molar refractivity (Wildman–Crippen MR) is 93.6 cm³/mol. The number of carbonyl (C=O) groups is 1. The molecule has 6 heteroatoms. The number of thiazole rings is 1. The first kappa shape index (κ1) is 16.3. The van der Waals surface area contributed by atoms with Crippen molar-refractivity contribution in [2.45, 2.75) is 6.54 Å². The summed E-state index contributed by atoms with van der Waals surface area (Å²) in [6.45, 7) is 0.555. The zero-order valence-electron chi connectivity index (χ0n) is 13.0. The maximum atomic E-state index is 12.7. The lowest BCUT2D eigenvalue weighted by molar-refractivity contribution is 0.0702. The molecular weight excluding hydrogens is 322 g/mol. The third-order valence-electron chi connectivity index (χ3n) is 3.50. The molecular formula is C18H17N3O2S. The third kappa shape index (κ3) is 3.84. The highest BCUT2D eigenvalue weighted by Crippen LogP contribution is 2.24. The summed E-state index contributed by atoms with van der Waals surface area (Å²) >= 11 is 1.44. The van der Waals surface area contributed by atoms with E-state index in [-0.39, 0.29) is 19.1 Å². The van der Waals surface area contributed by atoms with E-state index < -0.39 is 0 Å². The van der Waals surface area contributed by atoms with Gasteiger partial charge in [0, 0.05) is 36.4 Å². The zero-order valence-corrected chi connectivity index (χ0v) is 13.8. The van der Waals surface area contributed by atoms with Crippen LogP contribution in [0.5, 0.6) is 0 Å². The van der Waals surface area contributed by atoms with E-state index in [1.165, 1.54) is 11.3 Å². The van der Waals surface area contributed by atoms with Gasteiger partial charge in [-0.1, -0.05) is 36.4 Å². The zero-order chi connectivity index (χ0) is 16.8. The number of rotatable bonds is 6. The van der Waals surface area contributed by atoms with Crippen molar-refractivity contribution in [3.05, 3.63) is 71.5 Å². The van der Waals surface area contributed by atoms with Gasteiger partial charge in [0.1, 0.15) is 10.7 Å². The van der Waals surface area contributed by atoms with Crippen molar-refractivity contribution >= 4 is 17.2 Å². The molecule has 1 amide bonds. The molecule has 5 nitrogen and oxygen atoms in total. The first-order valence-electron chi connectivity index (χ1n) is 7.58. The molecule has 122 valence electrons. The number of amides is 1. The van der Waals surface area contributed by atoms with E-state index in [9.17, 15) is 9.90 Å². The van der Waals surface area contributed by atoms with Gasteiger partial charge in [0.25, 0.3) is 5.91 Å². The summed E-state index contributed by atoms with van der Waals surface area (Å²) in [5, 5.41) is 11.8. The molecule has 0 aliphatic heterocycles. The fourth-order valence-corrected chi connectivity index (χ4v) is 3.13. The molecule has 0 saturated heterocycles. The molecule has 0 aliphatic carbocycles. The summed E-state index contributed by atoms with van der Waals surface area (Å²) in [7, 11) is 0. The number of hydrogen-bond donors (Lipinski definition) is 1. The van der Waals surface area contributed by atoms with Crippen molar-refractivity contribution in [2.75, 3.05) is 13.2 Å². The summed E-state index contributed by atoms with van der Waals surface area (Å²) in [4.78, 5) is 22.8. The van der Waals surface area contributed by atoms with Crippen LogP contribution in [-0.4, -0.2) is 39.0 Å². The fourth-order valence-electron chi connectivity index (χ4n) is 2.33. The van der Waals surface area contributed by atoms with Crippen LogP contribution in [0.1, 0.15) is 16.1 Å². The average Bonchev–Trinajstić information content (AvgIpc) is 3.12. The Morgan fingerprint density at radius 1 is 1.17 bits per heavy atom. The Bertz CT molecular complexity index is 790. The first-order chi connectivity index (χ1) is 11.8. The average molecular weight is 339 g/mol. The summed E-state index contributed by atoms with van der Waals surface area (Å²) < 4.78 is 0. The number of aliphatic hydroxyl groups excluding tert-OH is 1. The van der Waals surface area contributed by atoms with Gasteiger partial charge < -0.3 is 10.0 Å². The molecule has 2 aromatic heterocycles. The van der Waals surface area contributed by atoms with Gasteiger partial charge in [-0.15, -0.1) is 11.3 Å². The molecule has 0 unspecified atom stereocenters. The summed E-state index contributed by atoms with van der Waals surface area (Å²) in [6.07, 6.45) is 3.41. The normalized spacial score (nSPS) is 10.5. The van der Waals surface area contributed by atoms with Crippen LogP contribution < -0.4 is 0 Å². The van der Waals surface area contributed by atoms with E-state index in [1.807, 2.05) is 42.5 Å². The Balaban J connectivity index is 1.79. The van der Waals surface area contributed by atoms with Crippen LogP contribution in [0.4, 0.5) is 0 Å². The van der Waals surface area contributed by atoms with E-state index in [0.29, 0.717) is 12.2 Å². The molecule has 0 bridgehead atoms. The van der Waals surface area contributed by atoms with Gasteiger partial charge >= 0.3 is 0 Å². The van der Waals surface area contributed by atoms with Crippen LogP contribution >= 0.6 is 11.3 Å². The summed E-state index contributed by atoms with van der Waals surface area (Å²) in [5.74, 6) is -0.189. The van der Waals surface area contributed by atoms with Gasteiger partial charge in [-0.05, 0) is 11.6 Å². The van der Waals surface area contributed by atoms with Gasteiger partial charge in [-0.2, -0.15) is 0 Å². The standard InChI is InChI=1S/C18H17N3O2S/c22-10-9-21(12-14-5-4-8-19-11-14)18(23)16-13-24-17(20-16)15-6-2-1-3-7-15/h1-8,11,13,22H,9-10,12H2. The van der Waals surface area contributed by atoms with Crippen LogP contribution in [0, 0.1) is 0 Å². The van der Waals surface area contributed by atoms with Crippen molar-refractivity contribution in [3.8, 4) is 10.6 Å². The van der Waals surface area contributed by atoms with Crippen LogP contribution in [0.25, 0.3) is 10.6 Å². The van der Waals surface area contributed by atoms with Gasteiger partial charge in [0.2, 0.25) is 0 Å². The first-order valence-corrected chi connectivity index (χ1v) is 8.46. The second-order valence-corrected chi connectivity index (χ2v) is 6.07. The van der Waals surface area contributed by atoms with E-state index in [2.05, 4.69) is 9.97 Å². The quantitative estimate of drug-likeness (QED) is 0.750. The predicted octanol–water partition coefficient (Wildman–Crippen LogP) is 2.84. The maximum absolute atomic E-state index is 12.7. The second-order valence-electron chi connectivity index (χ2n) is 5.22. The number of aliphatic hydroxyl groups is 1. The van der Waals surface area contributed by atoms with Crippen molar-refractivity contribution in [1.82, 2.24) is 14.9 Å². The van der Waals surface area contributed by atoms with Gasteiger partial charge in [-0.3, -0.25) is 9.78 Å². The molecule has 1 aromatic carbocycles. The number of benzene rings is 1. The molecule has 3 rings (SSSR count). The Morgan fingerprint density at radius 2 is 2.00 bits per heavy atom. The minimum atomic E-state index is -0.189. The minimum absolute atomic E-state index is 0.0956. The number of aromatic nitrogens is 2. The van der Waals surface area contributed by atoms with Gasteiger partial charge in [0.15, 0.2) is 0 Å². The van der Waals surface area contributed by atoms with Gasteiger partial charge in [0.05, 0.1) is 6.61 Å². The lowest BCUT2D eigenvalue weighted by Crippen LogP contribution is -2.33. The van der Waals surface area contributed by atoms with E-state index in [4.69, 9.17) is 0 Å². The number of hydrogen-bond acceptors (Lipinski definition) is 5. The van der Waals surface area contributed by atoms with Crippen molar-refractivity contribution in [3.63, 3.8) is 0 Å². The largest absolute Gasteiger partial charge is 0.395 e. The van der Waals surface area contributed by atoms with Crippen LogP contribution in [0.15, 0.2) is 60.2 Å². The van der Waals surface area contributed by atoms with Crippen LogP contribution in [0.2, 0.25) is 0 Å². The Morgan fingerprint density at radius 3 is 2.71 bits per heavy atom. The van der Waals surface area contributed by atoms with Gasteiger partial charge in [-0.25, -0.2) is 4.98 Å². The smallest absolute Gasteiger partial charge is 0.273 e. The monoisotopic (exact) mass is 339 g/mol. The Labute approximate surface area is 144 Å². The molecule has 0 saturated carbocycles. The maximum Gasteiger partial charge on any atom is 0.273 e. The van der Waals surface area contributed by atoms with Crippen LogP contribution in [0.3, 0.4) is 0 Å². The third-order valence-corrected chi connectivity index (χ3v) is 4.39. The Hall–Kier alpha value is -2.57. The fraction of sp³-hybridized carbons (Fsp3) is 0.167. The molecule has 0 radical (unpaired) electrons. The van der Waals surface area contributed by atoms with Crippen LogP contribution in [-0.2, 0) is 6.54 Å². The van der Waals surface area contributed by atoms with Crippen molar-refractivity contribution in [2.24, 2.45) is 0 Å². The lowest BCUT2D eigenvalue weighted by Gasteiger charge is -2.20. The SMILES string of the molecule is O=C(c1csc(-c2ccccc2)n1)N(CCO)Cc1cccnc1. The van der Waals surface area contributed by atoms with E-state index >= 15 is 0 Å². The highest BCUT2D eigenvalue weighted by Gasteiger charge is 2.19. The highest BCUT2D eigenvalue weighted by molar-refractivity contribution is 7.13. The number of nitrogens with zero attached hydrogens (tertiary/aromatic N) is 3. The highest BCUT2D eigenvalue weighted by atomic mass is 32.1. The Kier molecular flexibility index (Phi) is 5.30. The minimum Gasteiger partial charge on any atom is -0.395 e. The topological polar surface area (TPSA) is 66.3 Å². The number of pyridine rings is 1. The van der Waals surface area contributed by atoms with E-state index in [1.54, 1.807) is 22.7 Å². The molecule has 1 N–H and O–H groups in total. The molecule has 3 aromatic rings. The molecule has 0 atom stereocenters. The molecule has 0 aliphatic rings. The lowest BCUT2D eigenvalue weighted by atomic mass is 10.2. The molecule has 0 spiro atoms. The van der Waals surface area contributed by atoms with Crippen molar-refractivity contribution in [1.29, 1.82) is 0 Å². The number of carbonyl (C=O) groups excluding carboxylic acids is 1. The molecule has 24 heavy (non-hydrogen) atoms. The summed E-state index contributed by atoms with van der Waals surface area (Å²) in [6, 6.07) is 13.5. The van der Waals surface area contributed by atoms with E-state index in [0.717, 1.165) is 16.1 Å².